The molecule has 5 nitrogen and oxygen atoms in total. The number of amides is 1. The predicted molar refractivity (Wildman–Crippen MR) is 74.4 cm³/mol. The highest BCUT2D eigenvalue weighted by Crippen LogP contribution is 2.20. The van der Waals surface area contributed by atoms with E-state index in [1.807, 2.05) is 31.2 Å². The number of halogens is 1. The largest absolute Gasteiger partial charge is 0.356 e. The Labute approximate surface area is 119 Å². The molecule has 0 spiro atoms. The summed E-state index contributed by atoms with van der Waals surface area (Å²) in [5.41, 5.74) is 0.877. The minimum absolute atomic E-state index is 0.00953. The Bertz CT molecular complexity index is 569. The van der Waals surface area contributed by atoms with Crippen LogP contribution in [0.25, 0.3) is 11.4 Å². The maximum absolute atomic E-state index is 11.3. The molecule has 0 bridgehead atoms. The van der Waals surface area contributed by atoms with Crippen LogP contribution in [0, 0.1) is 0 Å². The van der Waals surface area contributed by atoms with Crippen LogP contribution in [0.15, 0.2) is 33.3 Å². The zero-order valence-corrected chi connectivity index (χ0v) is 12.1. The molecule has 0 saturated carbocycles. The lowest BCUT2D eigenvalue weighted by atomic mass is 10.2. The first-order chi connectivity index (χ1) is 9.19. The van der Waals surface area contributed by atoms with Crippen molar-refractivity contribution < 1.29 is 9.32 Å². The Morgan fingerprint density at radius 3 is 3.05 bits per heavy atom. The number of nitrogens with one attached hydrogen (secondary N) is 1. The third-order valence-electron chi connectivity index (χ3n) is 2.49. The lowest BCUT2D eigenvalue weighted by Crippen LogP contribution is -2.22. The fourth-order valence-corrected chi connectivity index (χ4v) is 2.01. The molecular weight excluding hydrogens is 310 g/mol. The second-order valence-electron chi connectivity index (χ2n) is 3.98. The molecule has 0 aliphatic carbocycles. The minimum Gasteiger partial charge on any atom is -0.356 e. The van der Waals surface area contributed by atoms with Crippen molar-refractivity contribution in [3.05, 3.63) is 34.6 Å². The number of rotatable bonds is 5. The monoisotopic (exact) mass is 323 g/mol. The highest BCUT2D eigenvalue weighted by molar-refractivity contribution is 9.10. The Hall–Kier alpha value is -1.69. The van der Waals surface area contributed by atoms with Crippen LogP contribution in [0.3, 0.4) is 0 Å². The number of nitrogens with zero attached hydrogens (tertiary/aromatic N) is 2. The van der Waals surface area contributed by atoms with Crippen LogP contribution in [0.4, 0.5) is 0 Å². The van der Waals surface area contributed by atoms with Crippen molar-refractivity contribution in [2.24, 2.45) is 0 Å². The number of aryl methyl sites for hydroxylation is 1. The van der Waals surface area contributed by atoms with E-state index in [1.165, 1.54) is 0 Å². The minimum atomic E-state index is -0.00953. The maximum atomic E-state index is 11.3. The van der Waals surface area contributed by atoms with Crippen LogP contribution in [0.1, 0.15) is 19.2 Å². The van der Waals surface area contributed by atoms with E-state index in [0.717, 1.165) is 10.0 Å². The lowest BCUT2D eigenvalue weighted by Gasteiger charge is -1.98. The topological polar surface area (TPSA) is 68.0 Å². The smallest absolute Gasteiger partial charge is 0.227 e. The second-order valence-corrected chi connectivity index (χ2v) is 4.89. The molecular formula is C13H14BrN3O2. The van der Waals surface area contributed by atoms with Crippen LogP contribution in [0.5, 0.6) is 0 Å². The van der Waals surface area contributed by atoms with Gasteiger partial charge in [0.15, 0.2) is 0 Å². The van der Waals surface area contributed by atoms with Gasteiger partial charge in [0.2, 0.25) is 17.6 Å². The molecule has 2 rings (SSSR count). The van der Waals surface area contributed by atoms with Gasteiger partial charge in [0.25, 0.3) is 0 Å². The van der Waals surface area contributed by atoms with Gasteiger partial charge < -0.3 is 9.84 Å². The van der Waals surface area contributed by atoms with Gasteiger partial charge >= 0.3 is 0 Å². The molecule has 0 aliphatic heterocycles. The number of hydrogen-bond donors (Lipinski definition) is 1. The van der Waals surface area contributed by atoms with Crippen molar-refractivity contribution in [3.63, 3.8) is 0 Å². The molecule has 2 aromatic rings. The molecule has 0 aliphatic rings. The normalized spacial score (nSPS) is 10.4. The summed E-state index contributed by atoms with van der Waals surface area (Å²) in [6, 6.07) is 7.66. The van der Waals surface area contributed by atoms with E-state index in [1.54, 1.807) is 0 Å². The first-order valence-corrected chi connectivity index (χ1v) is 6.83. The van der Waals surface area contributed by atoms with E-state index in [0.29, 0.717) is 31.1 Å². The molecule has 1 aromatic heterocycles. The lowest BCUT2D eigenvalue weighted by molar-refractivity contribution is -0.121. The first-order valence-electron chi connectivity index (χ1n) is 6.04. The Morgan fingerprint density at radius 1 is 1.47 bits per heavy atom. The molecule has 0 fully saturated rings. The summed E-state index contributed by atoms with van der Waals surface area (Å²) < 4.78 is 6.09. The van der Waals surface area contributed by atoms with Gasteiger partial charge in [-0.25, -0.2) is 0 Å². The van der Waals surface area contributed by atoms with Crippen molar-refractivity contribution in [1.82, 2.24) is 15.5 Å². The van der Waals surface area contributed by atoms with Crippen molar-refractivity contribution >= 4 is 21.8 Å². The molecule has 0 unspecified atom stereocenters. The number of hydrogen-bond acceptors (Lipinski definition) is 4. The van der Waals surface area contributed by atoms with Crippen LogP contribution in [-0.2, 0) is 11.2 Å². The van der Waals surface area contributed by atoms with Gasteiger partial charge in [-0.1, -0.05) is 33.2 Å². The van der Waals surface area contributed by atoms with Gasteiger partial charge in [0.1, 0.15) is 0 Å². The van der Waals surface area contributed by atoms with Gasteiger partial charge in [-0.2, -0.15) is 4.98 Å². The highest BCUT2D eigenvalue weighted by atomic mass is 79.9. The molecule has 0 radical (unpaired) electrons. The SMILES string of the molecule is CCNC(=O)CCc1nc(-c2cccc(Br)c2)no1. The van der Waals surface area contributed by atoms with Crippen molar-refractivity contribution in [2.75, 3.05) is 6.54 Å². The van der Waals surface area contributed by atoms with Crippen LogP contribution >= 0.6 is 15.9 Å². The van der Waals surface area contributed by atoms with Gasteiger partial charge in [0, 0.05) is 29.4 Å². The van der Waals surface area contributed by atoms with Gasteiger partial charge in [-0.15, -0.1) is 0 Å². The van der Waals surface area contributed by atoms with E-state index in [-0.39, 0.29) is 5.91 Å². The Balaban J connectivity index is 2.01. The second kappa shape index (κ2) is 6.47. The number of carbonyl (C=O) groups excluding carboxylic acids is 1. The quantitative estimate of drug-likeness (QED) is 0.918. The zero-order chi connectivity index (χ0) is 13.7. The summed E-state index contributed by atoms with van der Waals surface area (Å²) in [6.07, 6.45) is 0.806. The zero-order valence-electron chi connectivity index (χ0n) is 10.5. The predicted octanol–water partition coefficient (Wildman–Crippen LogP) is 2.57. The average Bonchev–Trinajstić information content (AvgIpc) is 2.85. The van der Waals surface area contributed by atoms with Crippen molar-refractivity contribution in [3.8, 4) is 11.4 Å². The van der Waals surface area contributed by atoms with Crippen LogP contribution in [-0.4, -0.2) is 22.6 Å². The van der Waals surface area contributed by atoms with Gasteiger partial charge in [-0.05, 0) is 19.1 Å². The van der Waals surface area contributed by atoms with Gasteiger partial charge in [0.05, 0.1) is 0 Å². The first kappa shape index (κ1) is 13.7. The van der Waals surface area contributed by atoms with E-state index in [4.69, 9.17) is 4.52 Å². The molecule has 19 heavy (non-hydrogen) atoms. The summed E-state index contributed by atoms with van der Waals surface area (Å²) in [6.45, 7) is 2.52. The summed E-state index contributed by atoms with van der Waals surface area (Å²) in [5.74, 6) is 0.998. The molecule has 0 atom stereocenters. The van der Waals surface area contributed by atoms with Gasteiger partial charge in [-0.3, -0.25) is 4.79 Å². The Kier molecular flexibility index (Phi) is 4.68. The molecule has 0 saturated heterocycles. The fourth-order valence-electron chi connectivity index (χ4n) is 1.61. The van der Waals surface area contributed by atoms with E-state index < -0.39 is 0 Å². The third-order valence-corrected chi connectivity index (χ3v) is 2.98. The summed E-state index contributed by atoms with van der Waals surface area (Å²) >= 11 is 3.39. The number of benzene rings is 1. The molecule has 6 heteroatoms. The summed E-state index contributed by atoms with van der Waals surface area (Å²) in [4.78, 5) is 15.6. The number of carbonyl (C=O) groups is 1. The van der Waals surface area contributed by atoms with E-state index >= 15 is 0 Å². The van der Waals surface area contributed by atoms with Crippen LogP contribution < -0.4 is 5.32 Å². The molecule has 1 amide bonds. The third kappa shape index (κ3) is 3.89. The molecule has 100 valence electrons. The summed E-state index contributed by atoms with van der Waals surface area (Å²) in [7, 11) is 0. The van der Waals surface area contributed by atoms with Crippen LogP contribution in [0.2, 0.25) is 0 Å². The highest BCUT2D eigenvalue weighted by Gasteiger charge is 2.10. The average molecular weight is 324 g/mol. The maximum Gasteiger partial charge on any atom is 0.227 e. The Morgan fingerprint density at radius 2 is 2.32 bits per heavy atom. The standard InChI is InChI=1S/C13H14BrN3O2/c1-2-15-11(18)6-7-12-16-13(17-19-12)9-4-3-5-10(14)8-9/h3-5,8H,2,6-7H2,1H3,(H,15,18). The molecule has 1 heterocycles. The molecule has 1 aromatic carbocycles. The summed E-state index contributed by atoms with van der Waals surface area (Å²) in [5, 5.41) is 6.64. The van der Waals surface area contributed by atoms with Crippen molar-refractivity contribution in [2.45, 2.75) is 19.8 Å². The van der Waals surface area contributed by atoms with Crippen molar-refractivity contribution in [1.29, 1.82) is 0 Å². The van der Waals surface area contributed by atoms with E-state index in [9.17, 15) is 4.79 Å². The van der Waals surface area contributed by atoms with E-state index in [2.05, 4.69) is 31.4 Å². The fraction of sp³-hybridized carbons (Fsp3) is 0.308. The number of aromatic nitrogens is 2. The molecule has 1 N–H and O–H groups in total.